The summed E-state index contributed by atoms with van der Waals surface area (Å²) >= 11 is 5.70. The number of likely N-dealkylation sites (tertiary alicyclic amines) is 1. The van der Waals surface area contributed by atoms with Crippen LogP contribution in [0.3, 0.4) is 0 Å². The predicted octanol–water partition coefficient (Wildman–Crippen LogP) is 2.28. The second-order valence-corrected chi connectivity index (χ2v) is 4.86. The van der Waals surface area contributed by atoms with Gasteiger partial charge in [-0.15, -0.1) is 0 Å². The zero-order valence-electron chi connectivity index (χ0n) is 10.3. The molecule has 19 heavy (non-hydrogen) atoms. The van der Waals surface area contributed by atoms with E-state index in [1.807, 2.05) is 0 Å². The number of carbonyl (C=O) groups is 1. The van der Waals surface area contributed by atoms with Gasteiger partial charge >= 0.3 is 0 Å². The van der Waals surface area contributed by atoms with Gasteiger partial charge in [-0.2, -0.15) is 0 Å². The van der Waals surface area contributed by atoms with E-state index in [0.717, 1.165) is 25.9 Å². The number of anilines is 1. The van der Waals surface area contributed by atoms with Crippen LogP contribution >= 0.6 is 11.6 Å². The molecular weight excluding hydrogens is 270 g/mol. The first-order valence-electron chi connectivity index (χ1n) is 6.02. The van der Waals surface area contributed by atoms with E-state index in [2.05, 4.69) is 10.2 Å². The third-order valence-electron chi connectivity index (χ3n) is 2.99. The van der Waals surface area contributed by atoms with Gasteiger partial charge in [0.15, 0.2) is 0 Å². The second kappa shape index (κ2) is 5.99. The number of nitro benzene ring substituents is 1. The maximum absolute atomic E-state index is 11.8. The molecule has 2 rings (SSSR count). The highest BCUT2D eigenvalue weighted by atomic mass is 35.5. The summed E-state index contributed by atoms with van der Waals surface area (Å²) < 4.78 is 0. The number of rotatable bonds is 4. The molecule has 1 heterocycles. The van der Waals surface area contributed by atoms with Crippen molar-refractivity contribution in [2.45, 2.75) is 12.8 Å². The Morgan fingerprint density at radius 3 is 2.74 bits per heavy atom. The van der Waals surface area contributed by atoms with Crippen LogP contribution in [0.4, 0.5) is 11.4 Å². The second-order valence-electron chi connectivity index (χ2n) is 4.45. The standard InChI is InChI=1S/C12H14ClN3O3/c13-10-4-3-9(7-11(10)16(18)19)14-12(17)8-15-5-1-2-6-15/h3-4,7H,1-2,5-6,8H2,(H,14,17). The largest absolute Gasteiger partial charge is 0.325 e. The number of nitrogens with zero attached hydrogens (tertiary/aromatic N) is 2. The van der Waals surface area contributed by atoms with E-state index < -0.39 is 4.92 Å². The number of carbonyl (C=O) groups excluding carboxylic acids is 1. The highest BCUT2D eigenvalue weighted by molar-refractivity contribution is 6.32. The van der Waals surface area contributed by atoms with E-state index in [1.54, 1.807) is 6.07 Å². The molecule has 1 aromatic rings. The number of nitro groups is 1. The molecule has 0 saturated carbocycles. The van der Waals surface area contributed by atoms with Crippen molar-refractivity contribution in [2.24, 2.45) is 0 Å². The molecule has 1 saturated heterocycles. The molecule has 102 valence electrons. The van der Waals surface area contributed by atoms with Crippen molar-refractivity contribution in [1.82, 2.24) is 4.90 Å². The zero-order valence-corrected chi connectivity index (χ0v) is 11.0. The molecule has 6 nitrogen and oxygen atoms in total. The van der Waals surface area contributed by atoms with Crippen molar-refractivity contribution >= 4 is 28.9 Å². The minimum Gasteiger partial charge on any atom is -0.325 e. The normalized spacial score (nSPS) is 15.4. The van der Waals surface area contributed by atoms with Crippen LogP contribution in [0.15, 0.2) is 18.2 Å². The summed E-state index contributed by atoms with van der Waals surface area (Å²) in [6, 6.07) is 4.23. The van der Waals surface area contributed by atoms with Gasteiger partial charge in [-0.25, -0.2) is 0 Å². The summed E-state index contributed by atoms with van der Waals surface area (Å²) in [7, 11) is 0. The Morgan fingerprint density at radius 2 is 2.11 bits per heavy atom. The summed E-state index contributed by atoms with van der Waals surface area (Å²) in [5.74, 6) is -0.168. The Morgan fingerprint density at radius 1 is 1.42 bits per heavy atom. The fourth-order valence-electron chi connectivity index (χ4n) is 2.07. The van der Waals surface area contributed by atoms with Crippen molar-refractivity contribution in [3.05, 3.63) is 33.3 Å². The first kappa shape index (κ1) is 13.8. The molecular formula is C12H14ClN3O3. The Labute approximate surface area is 115 Å². The third kappa shape index (κ3) is 3.65. The van der Waals surface area contributed by atoms with Gasteiger partial charge in [0.25, 0.3) is 5.69 Å². The van der Waals surface area contributed by atoms with Gasteiger partial charge in [0.05, 0.1) is 11.5 Å². The van der Waals surface area contributed by atoms with Gasteiger partial charge in [-0.05, 0) is 38.1 Å². The van der Waals surface area contributed by atoms with Crippen LogP contribution < -0.4 is 5.32 Å². The fourth-order valence-corrected chi connectivity index (χ4v) is 2.26. The van der Waals surface area contributed by atoms with Crippen LogP contribution in [-0.2, 0) is 4.79 Å². The molecule has 1 aliphatic heterocycles. The molecule has 1 aliphatic rings. The highest BCUT2D eigenvalue weighted by Crippen LogP contribution is 2.27. The Kier molecular flexibility index (Phi) is 4.34. The SMILES string of the molecule is O=C(CN1CCCC1)Nc1ccc(Cl)c([N+](=O)[O-])c1. The number of hydrogen-bond donors (Lipinski definition) is 1. The van der Waals surface area contributed by atoms with Crippen molar-refractivity contribution in [2.75, 3.05) is 25.0 Å². The first-order chi connectivity index (χ1) is 9.06. The fraction of sp³-hybridized carbons (Fsp3) is 0.417. The molecule has 0 aliphatic carbocycles. The van der Waals surface area contributed by atoms with Gasteiger partial charge in [-0.1, -0.05) is 11.6 Å². The van der Waals surface area contributed by atoms with Crippen LogP contribution in [0, 0.1) is 10.1 Å². The number of hydrogen-bond acceptors (Lipinski definition) is 4. The van der Waals surface area contributed by atoms with E-state index in [0.29, 0.717) is 12.2 Å². The van der Waals surface area contributed by atoms with Crippen molar-refractivity contribution in [1.29, 1.82) is 0 Å². The van der Waals surface area contributed by atoms with E-state index in [4.69, 9.17) is 11.6 Å². The lowest BCUT2D eigenvalue weighted by molar-refractivity contribution is -0.384. The molecule has 1 amide bonds. The lowest BCUT2D eigenvalue weighted by Crippen LogP contribution is -2.30. The van der Waals surface area contributed by atoms with Gasteiger partial charge < -0.3 is 5.32 Å². The molecule has 0 aromatic heterocycles. The summed E-state index contributed by atoms with van der Waals surface area (Å²) in [5.41, 5.74) is 0.181. The molecule has 0 bridgehead atoms. The third-order valence-corrected chi connectivity index (χ3v) is 3.31. The van der Waals surface area contributed by atoms with E-state index in [-0.39, 0.29) is 16.6 Å². The summed E-state index contributed by atoms with van der Waals surface area (Å²) in [4.78, 5) is 24.0. The number of benzene rings is 1. The molecule has 1 fully saturated rings. The van der Waals surface area contributed by atoms with Crippen molar-refractivity contribution in [3.8, 4) is 0 Å². The van der Waals surface area contributed by atoms with E-state index in [9.17, 15) is 14.9 Å². The Hall–Kier alpha value is -1.66. The van der Waals surface area contributed by atoms with E-state index in [1.165, 1.54) is 12.1 Å². The maximum atomic E-state index is 11.8. The zero-order chi connectivity index (χ0) is 13.8. The summed E-state index contributed by atoms with van der Waals surface area (Å²) in [6.07, 6.45) is 2.22. The molecule has 1 N–H and O–H groups in total. The van der Waals surface area contributed by atoms with Gasteiger partial charge in [0.1, 0.15) is 5.02 Å². The lowest BCUT2D eigenvalue weighted by Gasteiger charge is -2.14. The van der Waals surface area contributed by atoms with Crippen LogP contribution in [0.25, 0.3) is 0 Å². The van der Waals surface area contributed by atoms with Crippen LogP contribution in [0.1, 0.15) is 12.8 Å². The molecule has 0 radical (unpaired) electrons. The number of amides is 1. The molecule has 0 unspecified atom stereocenters. The molecule has 1 aromatic carbocycles. The maximum Gasteiger partial charge on any atom is 0.289 e. The van der Waals surface area contributed by atoms with Crippen LogP contribution in [0.5, 0.6) is 0 Å². The minimum absolute atomic E-state index is 0.0579. The monoisotopic (exact) mass is 283 g/mol. The smallest absolute Gasteiger partial charge is 0.289 e. The first-order valence-corrected chi connectivity index (χ1v) is 6.40. The lowest BCUT2D eigenvalue weighted by atomic mass is 10.2. The van der Waals surface area contributed by atoms with Crippen LogP contribution in [-0.4, -0.2) is 35.4 Å². The minimum atomic E-state index is -0.571. The predicted molar refractivity (Wildman–Crippen MR) is 72.4 cm³/mol. The van der Waals surface area contributed by atoms with Gasteiger partial charge in [-0.3, -0.25) is 19.8 Å². The number of nitrogens with one attached hydrogen (secondary N) is 1. The average molecular weight is 284 g/mol. The molecule has 0 spiro atoms. The average Bonchev–Trinajstić information content (AvgIpc) is 2.84. The molecule has 0 atom stereocenters. The molecule has 7 heteroatoms. The summed E-state index contributed by atoms with van der Waals surface area (Å²) in [5, 5.41) is 13.4. The van der Waals surface area contributed by atoms with Gasteiger partial charge in [0.2, 0.25) is 5.91 Å². The highest BCUT2D eigenvalue weighted by Gasteiger charge is 2.17. The topological polar surface area (TPSA) is 75.5 Å². The quantitative estimate of drug-likeness (QED) is 0.679. The Balaban J connectivity index is 2.00. The van der Waals surface area contributed by atoms with Gasteiger partial charge in [0, 0.05) is 11.8 Å². The summed E-state index contributed by atoms with van der Waals surface area (Å²) in [6.45, 7) is 2.17. The van der Waals surface area contributed by atoms with Crippen LogP contribution in [0.2, 0.25) is 5.02 Å². The van der Waals surface area contributed by atoms with E-state index >= 15 is 0 Å². The Bertz CT molecular complexity index is 501. The number of halogens is 1. The van der Waals surface area contributed by atoms with Crippen molar-refractivity contribution in [3.63, 3.8) is 0 Å². The van der Waals surface area contributed by atoms with Crippen molar-refractivity contribution < 1.29 is 9.72 Å².